The predicted molar refractivity (Wildman–Crippen MR) is 114 cm³/mol. The topological polar surface area (TPSA) is 92.4 Å². The maximum Gasteiger partial charge on any atom is 0.573 e. The van der Waals surface area contributed by atoms with Crippen LogP contribution in [0.1, 0.15) is 16.1 Å². The lowest BCUT2D eigenvalue weighted by molar-refractivity contribution is -0.274. The molecule has 0 bridgehead atoms. The van der Waals surface area contributed by atoms with Crippen molar-refractivity contribution >= 4 is 26.7 Å². The lowest BCUT2D eigenvalue weighted by Crippen LogP contribution is -2.20. The number of Topliss-reactive ketones (excluding diaryl/α,β-unsaturated/α-hetero) is 1. The zero-order valence-electron chi connectivity index (χ0n) is 17.7. The Bertz CT molecular complexity index is 1400. The van der Waals surface area contributed by atoms with E-state index in [1.807, 2.05) is 0 Å². The Kier molecular flexibility index (Phi) is 6.24. The van der Waals surface area contributed by atoms with Gasteiger partial charge in [0.15, 0.2) is 0 Å². The molecule has 0 saturated carbocycles. The van der Waals surface area contributed by atoms with Crippen LogP contribution in [0, 0.1) is 18.3 Å². The van der Waals surface area contributed by atoms with E-state index in [-0.39, 0.29) is 21.4 Å². The molecule has 3 rings (SSSR count). The number of rotatable bonds is 6. The number of hydrogen-bond donors (Lipinski definition) is 0. The number of carbonyl (C=O) groups is 1. The standard InChI is InChI=1S/C22H18F3N3O4S/c1-14-4-7-18(8-5-14)33(30,31)28-19-9-6-17(32-22(23,24)25)10-15(19)11-20(28)21(29)16(12-26)13-27(2)3/h4-11,13H,1-3H3/b16-13-. The monoisotopic (exact) mass is 477 g/mol. The lowest BCUT2D eigenvalue weighted by Gasteiger charge is -2.13. The fraction of sp³-hybridized carbons (Fsp3) is 0.182. The molecule has 172 valence electrons. The number of fused-ring (bicyclic) bond motifs is 1. The van der Waals surface area contributed by atoms with Gasteiger partial charge in [-0.05, 0) is 43.3 Å². The summed E-state index contributed by atoms with van der Waals surface area (Å²) in [6, 6.07) is 11.7. The van der Waals surface area contributed by atoms with Crippen molar-refractivity contribution in [1.29, 1.82) is 5.26 Å². The summed E-state index contributed by atoms with van der Waals surface area (Å²) in [4.78, 5) is 14.4. The van der Waals surface area contributed by atoms with Gasteiger partial charge in [0, 0.05) is 25.7 Å². The van der Waals surface area contributed by atoms with Gasteiger partial charge >= 0.3 is 6.36 Å². The number of hydrogen-bond acceptors (Lipinski definition) is 6. The first kappa shape index (κ1) is 23.9. The zero-order valence-corrected chi connectivity index (χ0v) is 18.5. The summed E-state index contributed by atoms with van der Waals surface area (Å²) in [5.74, 6) is -1.49. The molecule has 0 aliphatic heterocycles. The second kappa shape index (κ2) is 8.63. The molecule has 0 radical (unpaired) electrons. The van der Waals surface area contributed by atoms with Gasteiger partial charge in [-0.2, -0.15) is 5.26 Å². The van der Waals surface area contributed by atoms with Gasteiger partial charge in [-0.15, -0.1) is 13.2 Å². The smallest absolute Gasteiger partial charge is 0.406 e. The fourth-order valence-corrected chi connectivity index (χ4v) is 4.64. The third kappa shape index (κ3) is 5.01. The second-order valence-corrected chi connectivity index (χ2v) is 9.11. The van der Waals surface area contributed by atoms with E-state index in [1.165, 1.54) is 23.2 Å². The largest absolute Gasteiger partial charge is 0.573 e. The van der Waals surface area contributed by atoms with Gasteiger partial charge in [0.2, 0.25) is 5.78 Å². The van der Waals surface area contributed by atoms with E-state index in [1.54, 1.807) is 39.2 Å². The molecule has 0 spiro atoms. The van der Waals surface area contributed by atoms with E-state index in [0.29, 0.717) is 0 Å². The molecular weight excluding hydrogens is 459 g/mol. The number of aromatic nitrogens is 1. The maximum atomic E-state index is 13.5. The summed E-state index contributed by atoms with van der Waals surface area (Å²) in [5.41, 5.74) is 0.00661. The van der Waals surface area contributed by atoms with Crippen LogP contribution < -0.4 is 4.74 Å². The highest BCUT2D eigenvalue weighted by Gasteiger charge is 2.32. The van der Waals surface area contributed by atoms with Crippen molar-refractivity contribution in [3.8, 4) is 11.8 Å². The molecule has 0 fully saturated rings. The van der Waals surface area contributed by atoms with E-state index in [9.17, 15) is 31.6 Å². The molecule has 1 heterocycles. The molecule has 0 amide bonds. The zero-order chi connectivity index (χ0) is 24.6. The molecule has 1 aromatic heterocycles. The Hall–Kier alpha value is -3.78. The predicted octanol–water partition coefficient (Wildman–Crippen LogP) is 4.24. The molecule has 33 heavy (non-hydrogen) atoms. The van der Waals surface area contributed by atoms with E-state index in [2.05, 4.69) is 4.74 Å². The molecule has 0 saturated heterocycles. The van der Waals surface area contributed by atoms with Crippen LogP contribution in [0.4, 0.5) is 13.2 Å². The van der Waals surface area contributed by atoms with E-state index in [4.69, 9.17) is 0 Å². The van der Waals surface area contributed by atoms with Gasteiger partial charge in [0.05, 0.1) is 10.4 Å². The van der Waals surface area contributed by atoms with Crippen LogP contribution in [0.5, 0.6) is 5.75 Å². The van der Waals surface area contributed by atoms with E-state index >= 15 is 0 Å². The maximum absolute atomic E-state index is 13.5. The minimum Gasteiger partial charge on any atom is -0.406 e. The summed E-state index contributed by atoms with van der Waals surface area (Å²) >= 11 is 0. The first-order valence-corrected chi connectivity index (χ1v) is 10.8. The highest BCUT2D eigenvalue weighted by atomic mass is 32.2. The van der Waals surface area contributed by atoms with Crippen LogP contribution in [0.2, 0.25) is 0 Å². The lowest BCUT2D eigenvalue weighted by atomic mass is 10.1. The number of benzene rings is 2. The van der Waals surface area contributed by atoms with Gasteiger partial charge < -0.3 is 9.64 Å². The van der Waals surface area contributed by atoms with Crippen LogP contribution in [0.15, 0.2) is 65.2 Å². The van der Waals surface area contributed by atoms with Crippen LogP contribution in [-0.4, -0.2) is 43.5 Å². The normalized spacial score (nSPS) is 12.5. The van der Waals surface area contributed by atoms with Crippen LogP contribution in [0.25, 0.3) is 10.9 Å². The van der Waals surface area contributed by atoms with Crippen molar-refractivity contribution in [3.05, 3.63) is 71.6 Å². The summed E-state index contributed by atoms with van der Waals surface area (Å²) in [6.07, 6.45) is -3.73. The number of allylic oxidation sites excluding steroid dienone is 1. The highest BCUT2D eigenvalue weighted by molar-refractivity contribution is 7.90. The molecule has 0 aliphatic carbocycles. The molecule has 0 atom stereocenters. The Labute approximate surface area is 188 Å². The van der Waals surface area contributed by atoms with Crippen molar-refractivity contribution in [3.63, 3.8) is 0 Å². The molecule has 0 unspecified atom stereocenters. The minimum absolute atomic E-state index is 0.0120. The number of ketones is 1. The number of ether oxygens (including phenoxy) is 1. The molecule has 0 N–H and O–H groups in total. The van der Waals surface area contributed by atoms with Crippen molar-refractivity contribution in [2.75, 3.05) is 14.1 Å². The molecule has 11 heteroatoms. The third-order valence-corrected chi connectivity index (χ3v) is 6.25. The molecule has 2 aromatic carbocycles. The van der Waals surface area contributed by atoms with Crippen LogP contribution in [-0.2, 0) is 10.0 Å². The van der Waals surface area contributed by atoms with Gasteiger partial charge in [-0.25, -0.2) is 12.4 Å². The number of nitrogens with zero attached hydrogens (tertiary/aromatic N) is 3. The van der Waals surface area contributed by atoms with Gasteiger partial charge in [-0.1, -0.05) is 17.7 Å². The summed E-state index contributed by atoms with van der Waals surface area (Å²) in [7, 11) is -1.20. The first-order valence-electron chi connectivity index (χ1n) is 9.40. The summed E-state index contributed by atoms with van der Waals surface area (Å²) < 4.78 is 69.5. The molecule has 0 aliphatic rings. The minimum atomic E-state index is -4.95. The highest BCUT2D eigenvalue weighted by Crippen LogP contribution is 2.32. The molecular formula is C22H18F3N3O4S. The van der Waals surface area contributed by atoms with Crippen molar-refractivity contribution < 1.29 is 31.1 Å². The third-order valence-electron chi connectivity index (χ3n) is 4.51. The SMILES string of the molecule is Cc1ccc(S(=O)(=O)n2c(C(=O)/C(C#N)=C\N(C)C)cc3cc(OC(F)(F)F)ccc32)cc1. The van der Waals surface area contributed by atoms with E-state index < -0.39 is 33.6 Å². The Morgan fingerprint density at radius 1 is 1.12 bits per heavy atom. The Morgan fingerprint density at radius 3 is 2.30 bits per heavy atom. The van der Waals surface area contributed by atoms with Crippen molar-refractivity contribution in [2.45, 2.75) is 18.2 Å². The average Bonchev–Trinajstić information content (AvgIpc) is 3.10. The van der Waals surface area contributed by atoms with Gasteiger partial charge in [0.1, 0.15) is 23.1 Å². The summed E-state index contributed by atoms with van der Waals surface area (Å²) in [5, 5.41) is 9.44. The molecule has 7 nitrogen and oxygen atoms in total. The average molecular weight is 477 g/mol. The van der Waals surface area contributed by atoms with Crippen LogP contribution >= 0.6 is 0 Å². The number of alkyl halides is 3. The van der Waals surface area contributed by atoms with Crippen LogP contribution in [0.3, 0.4) is 0 Å². The second-order valence-electron chi connectivity index (χ2n) is 7.33. The van der Waals surface area contributed by atoms with Crippen molar-refractivity contribution in [2.24, 2.45) is 0 Å². The summed E-state index contributed by atoms with van der Waals surface area (Å²) in [6.45, 7) is 1.77. The quantitative estimate of drug-likeness (QED) is 0.300. The fourth-order valence-electron chi connectivity index (χ4n) is 3.13. The van der Waals surface area contributed by atoms with Gasteiger partial charge in [0.25, 0.3) is 10.0 Å². The Balaban J connectivity index is 2.31. The number of halogens is 3. The number of nitriles is 1. The van der Waals surface area contributed by atoms with Crippen molar-refractivity contribution in [1.82, 2.24) is 8.87 Å². The van der Waals surface area contributed by atoms with E-state index in [0.717, 1.165) is 33.8 Å². The first-order chi connectivity index (χ1) is 15.3. The number of aryl methyl sites for hydroxylation is 1. The Morgan fingerprint density at radius 2 is 1.76 bits per heavy atom. The van der Waals surface area contributed by atoms with Gasteiger partial charge in [-0.3, -0.25) is 4.79 Å². The number of carbonyl (C=O) groups excluding carboxylic acids is 1. The molecule has 3 aromatic rings.